The number of ether oxygens (including phenoxy) is 1. The average Bonchev–Trinajstić information content (AvgIpc) is 3.36. The number of carbonyl (C=O) groups excluding carboxylic acids is 2. The highest BCUT2D eigenvalue weighted by Gasteiger charge is 2.36. The van der Waals surface area contributed by atoms with E-state index in [9.17, 15) is 9.59 Å². The number of benzene rings is 2. The van der Waals surface area contributed by atoms with Crippen LogP contribution in [0.1, 0.15) is 13.3 Å². The summed E-state index contributed by atoms with van der Waals surface area (Å²) in [6.45, 7) is 2.66. The van der Waals surface area contributed by atoms with Crippen LogP contribution < -0.4 is 15.0 Å². The first-order valence-corrected chi connectivity index (χ1v) is 10.7. The second-order valence-corrected chi connectivity index (χ2v) is 8.07. The molecular formula is C21H19ClN4O3S. The lowest BCUT2D eigenvalue weighted by Gasteiger charge is -2.20. The summed E-state index contributed by atoms with van der Waals surface area (Å²) in [6.07, 6.45) is 0.127. The van der Waals surface area contributed by atoms with Crippen molar-refractivity contribution in [2.45, 2.75) is 13.3 Å². The van der Waals surface area contributed by atoms with Gasteiger partial charge < -0.3 is 15.0 Å². The fourth-order valence-electron chi connectivity index (χ4n) is 3.30. The van der Waals surface area contributed by atoms with E-state index < -0.39 is 5.92 Å². The summed E-state index contributed by atoms with van der Waals surface area (Å²) in [4.78, 5) is 26.9. The van der Waals surface area contributed by atoms with Gasteiger partial charge in [-0.05, 0) is 25.1 Å². The zero-order chi connectivity index (χ0) is 21.1. The SMILES string of the molecule is CCOc1ccccc1N1CC(C(=O)Nc2nnc(-c3ccccc3Cl)s2)CC1=O. The van der Waals surface area contributed by atoms with Crippen LogP contribution in [-0.2, 0) is 9.59 Å². The Morgan fingerprint density at radius 1 is 1.23 bits per heavy atom. The van der Waals surface area contributed by atoms with Crippen molar-refractivity contribution in [1.29, 1.82) is 0 Å². The molecule has 9 heteroatoms. The Labute approximate surface area is 182 Å². The van der Waals surface area contributed by atoms with Crippen molar-refractivity contribution in [3.05, 3.63) is 53.6 Å². The molecule has 1 aliphatic heterocycles. The minimum absolute atomic E-state index is 0.115. The minimum Gasteiger partial charge on any atom is -0.492 e. The number of aromatic nitrogens is 2. The lowest BCUT2D eigenvalue weighted by Crippen LogP contribution is -2.28. The van der Waals surface area contributed by atoms with E-state index in [1.807, 2.05) is 49.4 Å². The van der Waals surface area contributed by atoms with Crippen LogP contribution in [0.5, 0.6) is 5.75 Å². The van der Waals surface area contributed by atoms with Gasteiger partial charge in [0.05, 0.1) is 23.2 Å². The summed E-state index contributed by atoms with van der Waals surface area (Å²) >= 11 is 7.44. The number of hydrogen-bond donors (Lipinski definition) is 1. The van der Waals surface area contributed by atoms with Gasteiger partial charge in [0.1, 0.15) is 5.75 Å². The number of anilines is 2. The number of hydrogen-bond acceptors (Lipinski definition) is 6. The Hall–Kier alpha value is -2.97. The predicted molar refractivity (Wildman–Crippen MR) is 117 cm³/mol. The topological polar surface area (TPSA) is 84.4 Å². The standard InChI is InChI=1S/C21H19ClN4O3S/c1-2-29-17-10-6-5-9-16(17)26-12-13(11-18(26)27)19(28)23-21-25-24-20(30-21)14-7-3-4-8-15(14)22/h3-10,13H,2,11-12H2,1H3,(H,23,25,28). The van der Waals surface area contributed by atoms with Crippen molar-refractivity contribution in [3.8, 4) is 16.3 Å². The number of carbonyl (C=O) groups is 2. The van der Waals surface area contributed by atoms with Crippen LogP contribution in [0.15, 0.2) is 48.5 Å². The molecule has 0 saturated carbocycles. The van der Waals surface area contributed by atoms with Crippen LogP contribution in [0.2, 0.25) is 5.02 Å². The van der Waals surface area contributed by atoms with Crippen LogP contribution >= 0.6 is 22.9 Å². The third-order valence-electron chi connectivity index (χ3n) is 4.71. The lowest BCUT2D eigenvalue weighted by atomic mass is 10.1. The van der Waals surface area contributed by atoms with Crippen molar-refractivity contribution in [3.63, 3.8) is 0 Å². The van der Waals surface area contributed by atoms with Gasteiger partial charge in [-0.2, -0.15) is 0 Å². The van der Waals surface area contributed by atoms with Crippen molar-refractivity contribution in [2.75, 3.05) is 23.4 Å². The molecule has 0 radical (unpaired) electrons. The third kappa shape index (κ3) is 4.15. The van der Waals surface area contributed by atoms with Gasteiger partial charge in [-0.1, -0.05) is 53.3 Å². The first-order chi connectivity index (χ1) is 14.6. The second-order valence-electron chi connectivity index (χ2n) is 6.69. The number of para-hydroxylation sites is 2. The van der Waals surface area contributed by atoms with Crippen LogP contribution in [-0.4, -0.2) is 35.2 Å². The molecule has 1 saturated heterocycles. The Morgan fingerprint density at radius 2 is 2.00 bits per heavy atom. The molecule has 2 heterocycles. The highest BCUT2D eigenvalue weighted by molar-refractivity contribution is 7.18. The van der Waals surface area contributed by atoms with E-state index in [0.717, 1.165) is 5.56 Å². The van der Waals surface area contributed by atoms with Gasteiger partial charge in [0, 0.05) is 18.5 Å². The number of halogens is 1. The van der Waals surface area contributed by atoms with Crippen molar-refractivity contribution in [2.24, 2.45) is 5.92 Å². The fourth-order valence-corrected chi connectivity index (χ4v) is 4.37. The Kier molecular flexibility index (Phi) is 5.96. The predicted octanol–water partition coefficient (Wildman–Crippen LogP) is 4.25. The molecule has 4 rings (SSSR count). The molecular weight excluding hydrogens is 424 g/mol. The van der Waals surface area contributed by atoms with Crippen molar-refractivity contribution in [1.82, 2.24) is 10.2 Å². The van der Waals surface area contributed by atoms with Gasteiger partial charge in [0.2, 0.25) is 16.9 Å². The smallest absolute Gasteiger partial charge is 0.231 e. The lowest BCUT2D eigenvalue weighted by molar-refractivity contribution is -0.122. The quantitative estimate of drug-likeness (QED) is 0.617. The van der Waals surface area contributed by atoms with Gasteiger partial charge in [0.15, 0.2) is 5.01 Å². The normalized spacial score (nSPS) is 16.0. The molecule has 1 N–H and O–H groups in total. The maximum Gasteiger partial charge on any atom is 0.231 e. The summed E-state index contributed by atoms with van der Waals surface area (Å²) in [5, 5.41) is 12.5. The molecule has 154 valence electrons. The van der Waals surface area contributed by atoms with Crippen LogP contribution in [0.3, 0.4) is 0 Å². The summed E-state index contributed by atoms with van der Waals surface area (Å²) in [5.74, 6) is -0.235. The van der Waals surface area contributed by atoms with Gasteiger partial charge >= 0.3 is 0 Å². The molecule has 0 bridgehead atoms. The highest BCUT2D eigenvalue weighted by atomic mass is 35.5. The first-order valence-electron chi connectivity index (χ1n) is 9.48. The van der Waals surface area contributed by atoms with E-state index in [2.05, 4.69) is 15.5 Å². The zero-order valence-corrected chi connectivity index (χ0v) is 17.7. The summed E-state index contributed by atoms with van der Waals surface area (Å²) in [5.41, 5.74) is 1.43. The molecule has 0 aliphatic carbocycles. The highest BCUT2D eigenvalue weighted by Crippen LogP contribution is 2.34. The molecule has 1 fully saturated rings. The van der Waals surface area contributed by atoms with E-state index in [1.54, 1.807) is 11.0 Å². The fraction of sp³-hybridized carbons (Fsp3) is 0.238. The Balaban J connectivity index is 1.46. The van der Waals surface area contributed by atoms with Crippen molar-refractivity contribution >= 4 is 45.6 Å². The van der Waals surface area contributed by atoms with E-state index in [4.69, 9.17) is 16.3 Å². The average molecular weight is 443 g/mol. The molecule has 2 aromatic carbocycles. The molecule has 0 spiro atoms. The number of nitrogens with one attached hydrogen (secondary N) is 1. The van der Waals surface area contributed by atoms with E-state index in [1.165, 1.54) is 11.3 Å². The van der Waals surface area contributed by atoms with Crippen LogP contribution in [0.4, 0.5) is 10.8 Å². The summed E-state index contributed by atoms with van der Waals surface area (Å²) in [7, 11) is 0. The number of rotatable bonds is 6. The Morgan fingerprint density at radius 3 is 2.80 bits per heavy atom. The molecule has 2 amide bonds. The molecule has 30 heavy (non-hydrogen) atoms. The summed E-state index contributed by atoms with van der Waals surface area (Å²) in [6, 6.07) is 14.6. The van der Waals surface area contributed by atoms with Crippen molar-refractivity contribution < 1.29 is 14.3 Å². The first kappa shape index (κ1) is 20.3. The molecule has 1 aliphatic rings. The monoisotopic (exact) mass is 442 g/mol. The maximum absolute atomic E-state index is 12.8. The van der Waals surface area contributed by atoms with E-state index in [0.29, 0.717) is 33.2 Å². The molecule has 1 atom stereocenters. The largest absolute Gasteiger partial charge is 0.492 e. The van der Waals surface area contributed by atoms with Crippen LogP contribution in [0.25, 0.3) is 10.6 Å². The van der Waals surface area contributed by atoms with Crippen LogP contribution in [0, 0.1) is 5.92 Å². The summed E-state index contributed by atoms with van der Waals surface area (Å²) < 4.78 is 5.62. The molecule has 1 aromatic heterocycles. The molecule has 1 unspecified atom stereocenters. The van der Waals surface area contributed by atoms with Gasteiger partial charge in [-0.15, -0.1) is 10.2 Å². The Bertz CT molecular complexity index is 1090. The number of amides is 2. The maximum atomic E-state index is 12.8. The third-order valence-corrected chi connectivity index (χ3v) is 5.91. The van der Waals surface area contributed by atoms with Gasteiger partial charge in [-0.25, -0.2) is 0 Å². The number of nitrogens with zero attached hydrogens (tertiary/aromatic N) is 3. The van der Waals surface area contributed by atoms with Gasteiger partial charge in [-0.3, -0.25) is 9.59 Å². The minimum atomic E-state index is -0.486. The second kappa shape index (κ2) is 8.81. The molecule has 7 nitrogen and oxygen atoms in total. The van der Waals surface area contributed by atoms with Gasteiger partial charge in [0.25, 0.3) is 0 Å². The van der Waals surface area contributed by atoms with E-state index >= 15 is 0 Å². The molecule has 3 aromatic rings. The van der Waals surface area contributed by atoms with E-state index in [-0.39, 0.29) is 24.8 Å². The zero-order valence-electron chi connectivity index (χ0n) is 16.2.